The molecule has 0 spiro atoms. The Bertz CT molecular complexity index is 641. The molecule has 0 atom stereocenters. The van der Waals surface area contributed by atoms with E-state index in [1.54, 1.807) is 0 Å². The first-order valence-electron chi connectivity index (χ1n) is 6.67. The van der Waals surface area contributed by atoms with Crippen molar-refractivity contribution in [2.24, 2.45) is 0 Å². The number of anilines is 1. The van der Waals surface area contributed by atoms with E-state index in [1.165, 1.54) is 6.20 Å². The van der Waals surface area contributed by atoms with E-state index in [4.69, 9.17) is 10.00 Å². The fraction of sp³-hybridized carbons (Fsp3) is 0.286. The maximum atomic E-state index is 9.06. The lowest BCUT2D eigenvalue weighted by atomic mass is 10.3. The number of benzene rings is 1. The highest BCUT2D eigenvalue weighted by Gasteiger charge is 2.05. The summed E-state index contributed by atoms with van der Waals surface area (Å²) in [6.07, 6.45) is 1.53. The monoisotopic (exact) mass is 299 g/mol. The zero-order chi connectivity index (χ0) is 15.8. The number of hydrogen-bond donors (Lipinski definition) is 2. The van der Waals surface area contributed by atoms with Crippen molar-refractivity contribution >= 4 is 11.3 Å². The third kappa shape index (κ3) is 4.57. The Morgan fingerprint density at radius 1 is 1.41 bits per heavy atom. The van der Waals surface area contributed by atoms with Crippen molar-refractivity contribution in [2.75, 3.05) is 32.6 Å². The first-order valence-corrected chi connectivity index (χ1v) is 6.67. The molecule has 2 aromatic rings. The van der Waals surface area contributed by atoms with E-state index in [1.807, 2.05) is 44.4 Å². The number of nitrogens with one attached hydrogen (secondary N) is 2. The smallest absolute Gasteiger partial charge is 0.216 e. The van der Waals surface area contributed by atoms with E-state index >= 15 is 0 Å². The number of hydrogen-bond acceptors (Lipinski definition) is 7. The van der Waals surface area contributed by atoms with E-state index < -0.39 is 0 Å². The van der Waals surface area contributed by atoms with Gasteiger partial charge in [-0.2, -0.15) is 10.5 Å². The molecule has 0 bridgehead atoms. The Labute approximate surface area is 128 Å². The van der Waals surface area contributed by atoms with Crippen molar-refractivity contribution in [3.63, 3.8) is 0 Å². The molecule has 8 nitrogen and oxygen atoms in total. The van der Waals surface area contributed by atoms with Crippen molar-refractivity contribution in [2.45, 2.75) is 0 Å². The molecular weight excluding hydrogens is 282 g/mol. The van der Waals surface area contributed by atoms with Crippen LogP contribution in [-0.4, -0.2) is 52.8 Å². The molecule has 1 aromatic carbocycles. The Kier molecular flexibility index (Phi) is 5.45. The number of allylic oxidation sites excluding steroid dienone is 1. The molecule has 1 aromatic heterocycles. The molecule has 0 aliphatic carbocycles. The van der Waals surface area contributed by atoms with Gasteiger partial charge in [0, 0.05) is 18.4 Å². The van der Waals surface area contributed by atoms with Gasteiger partial charge >= 0.3 is 0 Å². The van der Waals surface area contributed by atoms with Crippen LogP contribution in [0.1, 0.15) is 5.82 Å². The van der Waals surface area contributed by atoms with Crippen molar-refractivity contribution < 1.29 is 4.74 Å². The number of H-pyrrole nitrogens is 1. The second-order valence-corrected chi connectivity index (χ2v) is 4.73. The molecule has 114 valence electrons. The molecule has 22 heavy (non-hydrogen) atoms. The van der Waals surface area contributed by atoms with Gasteiger partial charge in [0.2, 0.25) is 5.82 Å². The molecule has 0 aliphatic heterocycles. The number of tetrazole rings is 1. The SMILES string of the molecule is CN(C)CCOc1ccc(NC=C(C#N)c2nn[nH]n2)cc1. The van der Waals surface area contributed by atoms with E-state index in [0.717, 1.165) is 18.0 Å². The lowest BCUT2D eigenvalue weighted by Crippen LogP contribution is -2.19. The van der Waals surface area contributed by atoms with Gasteiger partial charge < -0.3 is 15.0 Å². The topological polar surface area (TPSA) is 103 Å². The van der Waals surface area contributed by atoms with Gasteiger partial charge in [0.15, 0.2) is 0 Å². The number of ether oxygens (including phenoxy) is 1. The predicted molar refractivity (Wildman–Crippen MR) is 81.9 cm³/mol. The molecule has 8 heteroatoms. The van der Waals surface area contributed by atoms with Gasteiger partial charge in [-0.25, -0.2) is 0 Å². The molecular formula is C14H17N7O. The summed E-state index contributed by atoms with van der Waals surface area (Å²) in [6.45, 7) is 1.50. The van der Waals surface area contributed by atoms with E-state index in [9.17, 15) is 0 Å². The van der Waals surface area contributed by atoms with E-state index in [0.29, 0.717) is 12.2 Å². The summed E-state index contributed by atoms with van der Waals surface area (Å²) in [4.78, 5) is 2.06. The molecule has 2 N–H and O–H groups in total. The fourth-order valence-electron chi connectivity index (χ4n) is 1.57. The Hall–Kier alpha value is -2.92. The first kappa shape index (κ1) is 15.5. The molecule has 0 amide bonds. The fourth-order valence-corrected chi connectivity index (χ4v) is 1.57. The van der Waals surface area contributed by atoms with Gasteiger partial charge in [-0.3, -0.25) is 0 Å². The van der Waals surface area contributed by atoms with Gasteiger partial charge in [-0.15, -0.1) is 10.2 Å². The van der Waals surface area contributed by atoms with Crippen LogP contribution in [0.4, 0.5) is 5.69 Å². The van der Waals surface area contributed by atoms with E-state index in [2.05, 4.69) is 30.8 Å². The average Bonchev–Trinajstić information content (AvgIpc) is 3.03. The number of likely N-dealkylation sites (N-methyl/N-ethyl adjacent to an activating group) is 1. The Balaban J connectivity index is 1.92. The van der Waals surface area contributed by atoms with Crippen molar-refractivity contribution in [1.29, 1.82) is 5.26 Å². The Morgan fingerprint density at radius 3 is 2.77 bits per heavy atom. The predicted octanol–water partition coefficient (Wildman–Crippen LogP) is 1.12. The minimum Gasteiger partial charge on any atom is -0.492 e. The van der Waals surface area contributed by atoms with Crippen molar-refractivity contribution in [3.05, 3.63) is 36.3 Å². The lowest BCUT2D eigenvalue weighted by molar-refractivity contribution is 0.261. The highest BCUT2D eigenvalue weighted by molar-refractivity contribution is 5.74. The van der Waals surface area contributed by atoms with Crippen LogP contribution >= 0.6 is 0 Å². The largest absolute Gasteiger partial charge is 0.492 e. The van der Waals surface area contributed by atoms with Crippen LogP contribution < -0.4 is 10.1 Å². The number of nitriles is 1. The molecule has 0 unspecified atom stereocenters. The molecule has 0 saturated carbocycles. The zero-order valence-electron chi connectivity index (χ0n) is 12.4. The van der Waals surface area contributed by atoms with Crippen LogP contribution in [0, 0.1) is 11.3 Å². The molecule has 1 heterocycles. The highest BCUT2D eigenvalue weighted by Crippen LogP contribution is 2.16. The van der Waals surface area contributed by atoms with Crippen LogP contribution in [-0.2, 0) is 0 Å². The van der Waals surface area contributed by atoms with Crippen LogP contribution in [0.25, 0.3) is 5.57 Å². The Morgan fingerprint density at radius 2 is 2.18 bits per heavy atom. The molecule has 0 radical (unpaired) electrons. The van der Waals surface area contributed by atoms with Crippen LogP contribution in [0.5, 0.6) is 5.75 Å². The summed E-state index contributed by atoms with van der Waals surface area (Å²) in [5, 5.41) is 25.3. The maximum Gasteiger partial charge on any atom is 0.216 e. The van der Waals surface area contributed by atoms with E-state index in [-0.39, 0.29) is 5.82 Å². The third-order valence-electron chi connectivity index (χ3n) is 2.75. The van der Waals surface area contributed by atoms with Gasteiger partial charge in [0.1, 0.15) is 24.0 Å². The maximum absolute atomic E-state index is 9.06. The summed E-state index contributed by atoms with van der Waals surface area (Å²) in [6, 6.07) is 9.48. The normalized spacial score (nSPS) is 11.3. The molecule has 0 saturated heterocycles. The van der Waals surface area contributed by atoms with Gasteiger partial charge in [0.25, 0.3) is 0 Å². The lowest BCUT2D eigenvalue weighted by Gasteiger charge is -2.11. The number of aromatic amines is 1. The number of rotatable bonds is 7. The highest BCUT2D eigenvalue weighted by atomic mass is 16.5. The zero-order valence-corrected chi connectivity index (χ0v) is 12.4. The summed E-state index contributed by atoms with van der Waals surface area (Å²) in [5.41, 5.74) is 1.12. The second kappa shape index (κ2) is 7.75. The number of aromatic nitrogens is 4. The number of nitrogens with zero attached hydrogens (tertiary/aromatic N) is 5. The first-order chi connectivity index (χ1) is 10.7. The summed E-state index contributed by atoms with van der Waals surface area (Å²) in [5.74, 6) is 1.05. The summed E-state index contributed by atoms with van der Waals surface area (Å²) >= 11 is 0. The second-order valence-electron chi connectivity index (χ2n) is 4.73. The van der Waals surface area contributed by atoms with Crippen molar-refractivity contribution in [3.8, 4) is 11.8 Å². The quantitative estimate of drug-likeness (QED) is 0.738. The van der Waals surface area contributed by atoms with Crippen LogP contribution in [0.15, 0.2) is 30.5 Å². The van der Waals surface area contributed by atoms with Gasteiger partial charge in [0.05, 0.1) is 0 Å². The third-order valence-corrected chi connectivity index (χ3v) is 2.75. The minimum atomic E-state index is 0.249. The van der Waals surface area contributed by atoms with Crippen LogP contribution in [0.2, 0.25) is 0 Å². The molecule has 2 rings (SSSR count). The summed E-state index contributed by atoms with van der Waals surface area (Å²) < 4.78 is 5.61. The summed E-state index contributed by atoms with van der Waals surface area (Å²) in [7, 11) is 4.00. The average molecular weight is 299 g/mol. The molecule has 0 aliphatic rings. The van der Waals surface area contributed by atoms with Crippen LogP contribution in [0.3, 0.4) is 0 Å². The molecule has 0 fully saturated rings. The van der Waals surface area contributed by atoms with Gasteiger partial charge in [-0.1, -0.05) is 0 Å². The van der Waals surface area contributed by atoms with Crippen molar-refractivity contribution in [1.82, 2.24) is 25.5 Å². The minimum absolute atomic E-state index is 0.249. The standard InChI is InChI=1S/C14H17N7O/c1-21(2)7-8-22-13-5-3-12(4-6-13)16-10-11(9-15)14-17-19-20-18-14/h3-6,10,16H,7-8H2,1-2H3,(H,17,18,19,20). The van der Waals surface area contributed by atoms with Gasteiger partial charge in [-0.05, 0) is 43.6 Å².